The highest BCUT2D eigenvalue weighted by atomic mass is 16.5. The van der Waals surface area contributed by atoms with E-state index in [0.717, 1.165) is 21.7 Å². The van der Waals surface area contributed by atoms with Gasteiger partial charge in [-0.3, -0.25) is 14.9 Å². The maximum Gasteiger partial charge on any atom is 0.335 e. The van der Waals surface area contributed by atoms with E-state index in [4.69, 9.17) is 4.74 Å². The van der Waals surface area contributed by atoms with Crippen molar-refractivity contribution in [1.29, 1.82) is 0 Å². The quantitative estimate of drug-likeness (QED) is 0.810. The van der Waals surface area contributed by atoms with Crippen LogP contribution in [-0.2, 0) is 16.0 Å². The fraction of sp³-hybridized carbons (Fsp3) is 0.286. The lowest BCUT2D eigenvalue weighted by molar-refractivity contribution is -0.142. The number of nitrogens with one attached hydrogen (secondary N) is 1. The fourth-order valence-corrected chi connectivity index (χ4v) is 4.10. The van der Waals surface area contributed by atoms with Crippen LogP contribution in [0.1, 0.15) is 11.1 Å². The topological polar surface area (TPSA) is 79.0 Å². The van der Waals surface area contributed by atoms with Gasteiger partial charge in [-0.1, -0.05) is 29.8 Å². The lowest BCUT2D eigenvalue weighted by Gasteiger charge is -2.45. The highest BCUT2D eigenvalue weighted by Crippen LogP contribution is 2.41. The van der Waals surface area contributed by atoms with Gasteiger partial charge in [0.15, 0.2) is 5.41 Å². The molecule has 0 radical (unpaired) electrons. The number of carbonyl (C=O) groups is 3. The smallest absolute Gasteiger partial charge is 0.335 e. The average Bonchev–Trinajstić information content (AvgIpc) is 2.66. The molecule has 1 N–H and O–H groups in total. The van der Waals surface area contributed by atoms with E-state index in [1.165, 1.54) is 7.11 Å². The zero-order valence-electron chi connectivity index (χ0n) is 16.0. The maximum absolute atomic E-state index is 13.6. The van der Waals surface area contributed by atoms with Crippen LogP contribution >= 0.6 is 0 Å². The zero-order chi connectivity index (χ0) is 20.1. The number of imide groups is 2. The summed E-state index contributed by atoms with van der Waals surface area (Å²) in [6.45, 7) is 2.15. The highest BCUT2D eigenvalue weighted by Gasteiger charge is 2.57. The van der Waals surface area contributed by atoms with Gasteiger partial charge in [0.25, 0.3) is 5.91 Å². The summed E-state index contributed by atoms with van der Waals surface area (Å²) in [6.07, 6.45) is 0.234. The summed E-state index contributed by atoms with van der Waals surface area (Å²) in [5.41, 5.74) is 1.87. The second-order valence-electron chi connectivity index (χ2n) is 7.32. The first-order chi connectivity index (χ1) is 13.4. The van der Waals surface area contributed by atoms with E-state index in [0.29, 0.717) is 11.4 Å². The molecule has 1 atom stereocenters. The first-order valence-corrected chi connectivity index (χ1v) is 9.01. The number of amides is 4. The summed E-state index contributed by atoms with van der Waals surface area (Å²) >= 11 is 0. The number of hydrogen-bond donors (Lipinski definition) is 1. The Balaban J connectivity index is 1.82. The Hall–Kier alpha value is -3.35. The van der Waals surface area contributed by atoms with Gasteiger partial charge < -0.3 is 9.64 Å². The molecule has 2 aromatic rings. The van der Waals surface area contributed by atoms with Crippen LogP contribution in [0.3, 0.4) is 0 Å². The summed E-state index contributed by atoms with van der Waals surface area (Å²) in [4.78, 5) is 42.0. The largest absolute Gasteiger partial charge is 0.495 e. The van der Waals surface area contributed by atoms with Crippen molar-refractivity contribution in [2.75, 3.05) is 30.5 Å². The summed E-state index contributed by atoms with van der Waals surface area (Å²) in [5.74, 6) is -0.715. The monoisotopic (exact) mass is 379 g/mol. The average molecular weight is 379 g/mol. The van der Waals surface area contributed by atoms with Gasteiger partial charge in [0.05, 0.1) is 12.8 Å². The lowest BCUT2D eigenvalue weighted by atomic mass is 9.74. The summed E-state index contributed by atoms with van der Waals surface area (Å²) in [5, 5.41) is 2.38. The van der Waals surface area contributed by atoms with Crippen molar-refractivity contribution in [2.45, 2.75) is 13.3 Å². The zero-order valence-corrected chi connectivity index (χ0v) is 16.0. The molecular weight excluding hydrogens is 358 g/mol. The van der Waals surface area contributed by atoms with Crippen molar-refractivity contribution in [2.24, 2.45) is 5.41 Å². The molecule has 1 saturated heterocycles. The Kier molecular flexibility index (Phi) is 4.10. The molecule has 2 aromatic carbocycles. The third-order valence-electron chi connectivity index (χ3n) is 5.44. The predicted molar refractivity (Wildman–Crippen MR) is 105 cm³/mol. The highest BCUT2D eigenvalue weighted by molar-refractivity contribution is 6.30. The van der Waals surface area contributed by atoms with Gasteiger partial charge in [0.2, 0.25) is 5.91 Å². The molecule has 2 aliphatic heterocycles. The number of aryl methyl sites for hydroxylation is 1. The summed E-state index contributed by atoms with van der Waals surface area (Å²) < 4.78 is 5.32. The molecule has 0 aromatic heterocycles. The third kappa shape index (κ3) is 2.54. The summed E-state index contributed by atoms with van der Waals surface area (Å²) in [7, 11) is 3.32. The van der Waals surface area contributed by atoms with E-state index in [-0.39, 0.29) is 13.0 Å². The normalized spacial score (nSPS) is 21.6. The molecule has 2 aliphatic rings. The number of para-hydroxylation sites is 2. The van der Waals surface area contributed by atoms with Crippen molar-refractivity contribution in [1.82, 2.24) is 5.32 Å². The van der Waals surface area contributed by atoms with Gasteiger partial charge in [-0.05, 0) is 37.1 Å². The van der Waals surface area contributed by atoms with Crippen LogP contribution in [0.25, 0.3) is 0 Å². The molecule has 7 nitrogen and oxygen atoms in total. The van der Waals surface area contributed by atoms with Gasteiger partial charge in [-0.2, -0.15) is 0 Å². The van der Waals surface area contributed by atoms with Crippen LogP contribution in [0.15, 0.2) is 42.5 Å². The lowest BCUT2D eigenvalue weighted by Crippen LogP contribution is -2.68. The maximum atomic E-state index is 13.6. The minimum atomic E-state index is -1.38. The van der Waals surface area contributed by atoms with Crippen LogP contribution in [-0.4, -0.2) is 38.5 Å². The number of methoxy groups -OCH3 is 1. The Morgan fingerprint density at radius 1 is 1.07 bits per heavy atom. The molecule has 0 aliphatic carbocycles. The number of rotatable bonds is 2. The fourth-order valence-electron chi connectivity index (χ4n) is 4.10. The first kappa shape index (κ1) is 18.0. The second-order valence-corrected chi connectivity index (χ2v) is 7.32. The van der Waals surface area contributed by atoms with Crippen molar-refractivity contribution >= 4 is 29.2 Å². The van der Waals surface area contributed by atoms with Gasteiger partial charge >= 0.3 is 6.03 Å². The number of barbiturate groups is 1. The number of urea groups is 1. The molecule has 7 heteroatoms. The number of benzene rings is 2. The van der Waals surface area contributed by atoms with E-state index in [2.05, 4.69) is 5.32 Å². The molecule has 1 fully saturated rings. The minimum Gasteiger partial charge on any atom is -0.495 e. The van der Waals surface area contributed by atoms with Crippen molar-refractivity contribution in [3.05, 3.63) is 53.6 Å². The van der Waals surface area contributed by atoms with Crippen LogP contribution in [0.2, 0.25) is 0 Å². The second kappa shape index (κ2) is 6.37. The predicted octanol–water partition coefficient (Wildman–Crippen LogP) is 2.27. The molecule has 4 rings (SSSR count). The number of carbonyl (C=O) groups excluding carboxylic acids is 3. The molecule has 2 heterocycles. The van der Waals surface area contributed by atoms with Gasteiger partial charge in [-0.25, -0.2) is 9.69 Å². The van der Waals surface area contributed by atoms with Crippen molar-refractivity contribution < 1.29 is 19.1 Å². The number of nitrogens with zero attached hydrogens (tertiary/aromatic N) is 2. The molecular formula is C21H21N3O4. The van der Waals surface area contributed by atoms with Crippen molar-refractivity contribution in [3.8, 4) is 5.75 Å². The molecule has 0 bridgehead atoms. The minimum absolute atomic E-state index is 0.187. The van der Waals surface area contributed by atoms with Gasteiger partial charge in [-0.15, -0.1) is 0 Å². The van der Waals surface area contributed by atoms with Crippen LogP contribution in [0.4, 0.5) is 16.2 Å². The van der Waals surface area contributed by atoms with Crippen LogP contribution in [0, 0.1) is 12.3 Å². The molecule has 144 valence electrons. The Morgan fingerprint density at radius 2 is 1.82 bits per heavy atom. The third-order valence-corrected chi connectivity index (χ3v) is 5.44. The van der Waals surface area contributed by atoms with E-state index in [1.807, 2.05) is 37.1 Å². The Labute approximate surface area is 162 Å². The van der Waals surface area contributed by atoms with E-state index in [1.54, 1.807) is 24.3 Å². The van der Waals surface area contributed by atoms with Gasteiger partial charge in [0, 0.05) is 19.3 Å². The Bertz CT molecular complexity index is 1000. The van der Waals surface area contributed by atoms with Crippen LogP contribution in [0.5, 0.6) is 5.75 Å². The van der Waals surface area contributed by atoms with E-state index in [9.17, 15) is 14.4 Å². The van der Waals surface area contributed by atoms with E-state index < -0.39 is 23.3 Å². The van der Waals surface area contributed by atoms with E-state index >= 15 is 0 Å². The molecule has 0 unspecified atom stereocenters. The number of hydrogen-bond acceptors (Lipinski definition) is 5. The van der Waals surface area contributed by atoms with Crippen LogP contribution < -0.4 is 19.9 Å². The molecule has 1 spiro atoms. The number of ether oxygens (including phenoxy) is 1. The molecule has 4 amide bonds. The Morgan fingerprint density at radius 3 is 2.57 bits per heavy atom. The van der Waals surface area contributed by atoms with Crippen molar-refractivity contribution in [3.63, 3.8) is 0 Å². The standard InChI is InChI=1S/C21H21N3O4/c1-13-8-9-15-14(10-13)11-21(12-23(15)2)18(25)22-20(27)24(19(21)26)16-6-4-5-7-17(16)28-3/h4-10H,11-12H2,1-3H3,(H,22,25,27)/t21-/m1/s1. The molecule has 28 heavy (non-hydrogen) atoms. The summed E-state index contributed by atoms with van der Waals surface area (Å²) in [6, 6.07) is 12.0. The first-order valence-electron chi connectivity index (χ1n) is 9.01. The SMILES string of the molecule is COc1ccccc1N1C(=O)NC(=O)[C@]2(Cc3cc(C)ccc3N(C)C2)C1=O. The number of anilines is 2. The van der Waals surface area contributed by atoms with Gasteiger partial charge in [0.1, 0.15) is 5.75 Å². The number of fused-ring (bicyclic) bond motifs is 1. The molecule has 0 saturated carbocycles.